The minimum Gasteiger partial charge on any atom is -0.480 e. The van der Waals surface area contributed by atoms with Crippen molar-refractivity contribution in [1.29, 1.82) is 0 Å². The van der Waals surface area contributed by atoms with E-state index in [0.29, 0.717) is 0 Å². The first kappa shape index (κ1) is 10.6. The zero-order chi connectivity index (χ0) is 10.7. The lowest BCUT2D eigenvalue weighted by atomic mass is 10.1. The largest absolute Gasteiger partial charge is 0.480 e. The quantitative estimate of drug-likeness (QED) is 0.782. The molecule has 1 rings (SSSR count). The van der Waals surface area contributed by atoms with E-state index in [9.17, 15) is 13.6 Å². The van der Waals surface area contributed by atoms with E-state index in [4.69, 9.17) is 10.8 Å². The minimum absolute atomic E-state index is 0.176. The van der Waals surface area contributed by atoms with E-state index in [-0.39, 0.29) is 11.1 Å². The Morgan fingerprint density at radius 1 is 1.36 bits per heavy atom. The maximum atomic E-state index is 12.2. The standard InChI is InChI=1S/C9H9F2NO2/c10-8(11)6-3-1-2-5(4-6)7(12)9(13)14/h1-4,7-8H,12H2,(H,13,14)/t7-/m0/s1. The molecule has 1 atom stereocenters. The van der Waals surface area contributed by atoms with Crippen molar-refractivity contribution in [2.75, 3.05) is 0 Å². The molecule has 1 aromatic carbocycles. The Labute approximate surface area is 79.2 Å². The maximum absolute atomic E-state index is 12.2. The molecule has 0 unspecified atom stereocenters. The van der Waals surface area contributed by atoms with Gasteiger partial charge in [-0.15, -0.1) is 0 Å². The smallest absolute Gasteiger partial charge is 0.325 e. The summed E-state index contributed by atoms with van der Waals surface area (Å²) in [7, 11) is 0. The number of benzene rings is 1. The number of rotatable bonds is 3. The summed E-state index contributed by atoms with van der Waals surface area (Å²) in [5.41, 5.74) is 5.22. The number of hydrogen-bond donors (Lipinski definition) is 2. The Morgan fingerprint density at radius 2 is 1.93 bits per heavy atom. The molecular weight excluding hydrogens is 192 g/mol. The van der Waals surface area contributed by atoms with Crippen LogP contribution in [0.15, 0.2) is 24.3 Å². The van der Waals surface area contributed by atoms with Crippen molar-refractivity contribution in [3.63, 3.8) is 0 Å². The van der Waals surface area contributed by atoms with E-state index >= 15 is 0 Å². The number of carboxylic acids is 1. The maximum Gasteiger partial charge on any atom is 0.325 e. The van der Waals surface area contributed by atoms with Gasteiger partial charge in [0.05, 0.1) is 0 Å². The topological polar surface area (TPSA) is 63.3 Å². The molecule has 0 spiro atoms. The Morgan fingerprint density at radius 3 is 2.43 bits per heavy atom. The van der Waals surface area contributed by atoms with Crippen molar-refractivity contribution in [3.8, 4) is 0 Å². The SMILES string of the molecule is N[C@H](C(=O)O)c1cccc(C(F)F)c1. The lowest BCUT2D eigenvalue weighted by Gasteiger charge is -2.08. The summed E-state index contributed by atoms with van der Waals surface area (Å²) < 4.78 is 24.4. The molecule has 0 fully saturated rings. The predicted octanol–water partition coefficient (Wildman–Crippen LogP) is 1.71. The summed E-state index contributed by atoms with van der Waals surface area (Å²) >= 11 is 0. The van der Waals surface area contributed by atoms with E-state index in [1.54, 1.807) is 0 Å². The van der Waals surface area contributed by atoms with Crippen molar-refractivity contribution in [2.24, 2.45) is 5.73 Å². The molecule has 5 heteroatoms. The first-order valence-corrected chi connectivity index (χ1v) is 3.88. The molecule has 0 saturated carbocycles. The number of nitrogens with two attached hydrogens (primary N) is 1. The molecule has 76 valence electrons. The van der Waals surface area contributed by atoms with Crippen LogP contribution in [0.3, 0.4) is 0 Å². The highest BCUT2D eigenvalue weighted by Crippen LogP contribution is 2.21. The third-order valence-electron chi connectivity index (χ3n) is 1.79. The van der Waals surface area contributed by atoms with Crippen molar-refractivity contribution >= 4 is 5.97 Å². The zero-order valence-electron chi connectivity index (χ0n) is 7.15. The zero-order valence-corrected chi connectivity index (χ0v) is 7.15. The van der Waals surface area contributed by atoms with E-state index in [2.05, 4.69) is 0 Å². The fourth-order valence-electron chi connectivity index (χ4n) is 1.03. The Bertz CT molecular complexity index is 341. The lowest BCUT2D eigenvalue weighted by Crippen LogP contribution is -2.20. The number of halogens is 2. The first-order chi connectivity index (χ1) is 6.52. The summed E-state index contributed by atoms with van der Waals surface area (Å²) in [6.45, 7) is 0. The fourth-order valence-corrected chi connectivity index (χ4v) is 1.03. The van der Waals surface area contributed by atoms with Gasteiger partial charge in [-0.05, 0) is 11.6 Å². The van der Waals surface area contributed by atoms with Gasteiger partial charge in [-0.1, -0.05) is 18.2 Å². The number of carboxylic acid groups (broad SMARTS) is 1. The van der Waals surface area contributed by atoms with Crippen LogP contribution in [-0.2, 0) is 4.79 Å². The molecule has 3 nitrogen and oxygen atoms in total. The molecule has 0 bridgehead atoms. The highest BCUT2D eigenvalue weighted by molar-refractivity contribution is 5.75. The highest BCUT2D eigenvalue weighted by atomic mass is 19.3. The van der Waals surface area contributed by atoms with Crippen LogP contribution in [-0.4, -0.2) is 11.1 Å². The second kappa shape index (κ2) is 4.15. The van der Waals surface area contributed by atoms with Crippen LogP contribution in [0.5, 0.6) is 0 Å². The molecule has 0 aliphatic rings. The van der Waals surface area contributed by atoms with Crippen molar-refractivity contribution in [2.45, 2.75) is 12.5 Å². The molecule has 0 heterocycles. The van der Waals surface area contributed by atoms with Crippen LogP contribution in [0.4, 0.5) is 8.78 Å². The van der Waals surface area contributed by atoms with Gasteiger partial charge in [0.2, 0.25) is 0 Å². The van der Waals surface area contributed by atoms with Gasteiger partial charge in [-0.25, -0.2) is 8.78 Å². The Balaban J connectivity index is 2.99. The minimum atomic E-state index is -2.61. The highest BCUT2D eigenvalue weighted by Gasteiger charge is 2.16. The molecular formula is C9H9F2NO2. The Hall–Kier alpha value is -1.49. The average Bonchev–Trinajstić information content (AvgIpc) is 2.16. The van der Waals surface area contributed by atoms with Crippen LogP contribution in [0.2, 0.25) is 0 Å². The van der Waals surface area contributed by atoms with E-state index < -0.39 is 18.4 Å². The van der Waals surface area contributed by atoms with Gasteiger partial charge < -0.3 is 10.8 Å². The molecule has 0 saturated heterocycles. The fraction of sp³-hybridized carbons (Fsp3) is 0.222. The van der Waals surface area contributed by atoms with Crippen LogP contribution >= 0.6 is 0 Å². The number of alkyl halides is 2. The predicted molar refractivity (Wildman–Crippen MR) is 46.0 cm³/mol. The molecule has 0 amide bonds. The normalized spacial score (nSPS) is 12.9. The summed E-state index contributed by atoms with van der Waals surface area (Å²) in [4.78, 5) is 10.5. The van der Waals surface area contributed by atoms with Gasteiger partial charge in [0.25, 0.3) is 6.43 Å². The van der Waals surface area contributed by atoms with Crippen molar-refractivity contribution < 1.29 is 18.7 Å². The summed E-state index contributed by atoms with van der Waals surface area (Å²) in [5.74, 6) is -1.24. The van der Waals surface area contributed by atoms with Crippen molar-refractivity contribution in [1.82, 2.24) is 0 Å². The molecule has 14 heavy (non-hydrogen) atoms. The Kier molecular flexibility index (Phi) is 3.14. The van der Waals surface area contributed by atoms with E-state index in [1.165, 1.54) is 18.2 Å². The van der Waals surface area contributed by atoms with E-state index in [0.717, 1.165) is 6.07 Å². The van der Waals surface area contributed by atoms with Crippen LogP contribution in [0.25, 0.3) is 0 Å². The van der Waals surface area contributed by atoms with Gasteiger partial charge in [0, 0.05) is 5.56 Å². The van der Waals surface area contributed by atoms with Gasteiger partial charge in [0.1, 0.15) is 6.04 Å². The second-order valence-electron chi connectivity index (χ2n) is 2.79. The van der Waals surface area contributed by atoms with E-state index in [1.807, 2.05) is 0 Å². The number of carbonyl (C=O) groups is 1. The average molecular weight is 201 g/mol. The first-order valence-electron chi connectivity index (χ1n) is 3.88. The van der Waals surface area contributed by atoms with Crippen molar-refractivity contribution in [3.05, 3.63) is 35.4 Å². The molecule has 3 N–H and O–H groups in total. The third-order valence-corrected chi connectivity index (χ3v) is 1.79. The molecule has 1 aromatic rings. The van der Waals surface area contributed by atoms with Gasteiger partial charge in [-0.3, -0.25) is 4.79 Å². The summed E-state index contributed by atoms with van der Waals surface area (Å²) in [6.07, 6.45) is -2.61. The molecule has 0 aliphatic heterocycles. The molecule has 0 aliphatic carbocycles. The van der Waals surface area contributed by atoms with Gasteiger partial charge >= 0.3 is 5.97 Å². The lowest BCUT2D eigenvalue weighted by molar-refractivity contribution is -0.138. The van der Waals surface area contributed by atoms with Gasteiger partial charge in [0.15, 0.2) is 0 Å². The molecule has 0 radical (unpaired) electrons. The van der Waals surface area contributed by atoms with Crippen LogP contribution in [0, 0.1) is 0 Å². The summed E-state index contributed by atoms with van der Waals surface area (Å²) in [6, 6.07) is 3.84. The monoisotopic (exact) mass is 201 g/mol. The third kappa shape index (κ3) is 2.26. The number of hydrogen-bond acceptors (Lipinski definition) is 2. The van der Waals surface area contributed by atoms with Crippen LogP contribution in [0.1, 0.15) is 23.6 Å². The van der Waals surface area contributed by atoms with Gasteiger partial charge in [-0.2, -0.15) is 0 Å². The number of aliphatic carboxylic acids is 1. The second-order valence-corrected chi connectivity index (χ2v) is 2.79. The molecule has 0 aromatic heterocycles. The summed E-state index contributed by atoms with van der Waals surface area (Å²) in [5, 5.41) is 8.55. The van der Waals surface area contributed by atoms with Crippen LogP contribution < -0.4 is 5.73 Å².